The van der Waals surface area contributed by atoms with E-state index in [0.29, 0.717) is 18.0 Å². The van der Waals surface area contributed by atoms with E-state index < -0.39 is 0 Å². The lowest BCUT2D eigenvalue weighted by atomic mass is 9.92. The molecule has 1 saturated heterocycles. The molecule has 1 aliphatic heterocycles. The SMILES string of the molecule is CNCC1CCCCN(C(C)C)C1c1cc(Br)c(Cl)s1. The van der Waals surface area contributed by atoms with Crippen LogP contribution in [-0.2, 0) is 0 Å². The molecule has 0 amide bonds. The maximum Gasteiger partial charge on any atom is 0.107 e. The van der Waals surface area contributed by atoms with E-state index in [4.69, 9.17) is 11.6 Å². The molecule has 1 fully saturated rings. The number of thiophene rings is 1. The molecule has 0 radical (unpaired) electrons. The van der Waals surface area contributed by atoms with Gasteiger partial charge in [0.05, 0.1) is 0 Å². The Morgan fingerprint density at radius 3 is 2.80 bits per heavy atom. The van der Waals surface area contributed by atoms with Crippen molar-refractivity contribution in [1.82, 2.24) is 10.2 Å². The first kappa shape index (κ1) is 16.8. The van der Waals surface area contributed by atoms with Crippen molar-refractivity contribution in [2.24, 2.45) is 5.92 Å². The lowest BCUT2D eigenvalue weighted by Gasteiger charge is -2.37. The van der Waals surface area contributed by atoms with Crippen LogP contribution in [0, 0.1) is 5.92 Å². The third kappa shape index (κ3) is 3.77. The fraction of sp³-hybridized carbons (Fsp3) is 0.733. The van der Waals surface area contributed by atoms with Gasteiger partial charge in [-0.1, -0.05) is 18.0 Å². The summed E-state index contributed by atoms with van der Waals surface area (Å²) >= 11 is 11.6. The maximum atomic E-state index is 6.28. The number of hydrogen-bond acceptors (Lipinski definition) is 3. The Morgan fingerprint density at radius 2 is 2.25 bits per heavy atom. The predicted octanol–water partition coefficient (Wildman–Crippen LogP) is 4.94. The summed E-state index contributed by atoms with van der Waals surface area (Å²) in [5, 5.41) is 3.38. The summed E-state index contributed by atoms with van der Waals surface area (Å²) in [6, 6.07) is 3.27. The Kier molecular flexibility index (Phi) is 6.36. The zero-order chi connectivity index (χ0) is 14.7. The molecule has 0 aliphatic carbocycles. The van der Waals surface area contributed by atoms with Gasteiger partial charge in [-0.05, 0) is 74.7 Å². The van der Waals surface area contributed by atoms with Crippen molar-refractivity contribution in [2.75, 3.05) is 20.1 Å². The second-order valence-electron chi connectivity index (χ2n) is 5.86. The van der Waals surface area contributed by atoms with Gasteiger partial charge in [0.15, 0.2) is 0 Å². The van der Waals surface area contributed by atoms with Crippen molar-refractivity contribution in [1.29, 1.82) is 0 Å². The van der Waals surface area contributed by atoms with Crippen LogP contribution in [0.25, 0.3) is 0 Å². The molecule has 1 aromatic rings. The number of nitrogens with one attached hydrogen (secondary N) is 1. The van der Waals surface area contributed by atoms with Crippen LogP contribution in [0.4, 0.5) is 0 Å². The number of halogens is 2. The van der Waals surface area contributed by atoms with Crippen LogP contribution in [0.5, 0.6) is 0 Å². The molecule has 2 rings (SSSR count). The zero-order valence-corrected chi connectivity index (χ0v) is 15.6. The van der Waals surface area contributed by atoms with Gasteiger partial charge in [-0.3, -0.25) is 4.90 Å². The van der Waals surface area contributed by atoms with E-state index in [-0.39, 0.29) is 0 Å². The van der Waals surface area contributed by atoms with Gasteiger partial charge in [-0.2, -0.15) is 0 Å². The average molecular weight is 380 g/mol. The van der Waals surface area contributed by atoms with Crippen LogP contribution >= 0.6 is 38.9 Å². The topological polar surface area (TPSA) is 15.3 Å². The monoisotopic (exact) mass is 378 g/mol. The molecular formula is C15H24BrClN2S. The van der Waals surface area contributed by atoms with E-state index in [1.165, 1.54) is 30.7 Å². The van der Waals surface area contributed by atoms with Gasteiger partial charge in [-0.25, -0.2) is 0 Å². The summed E-state index contributed by atoms with van der Waals surface area (Å²) in [6.07, 6.45) is 3.92. The fourth-order valence-corrected chi connectivity index (χ4v) is 5.18. The van der Waals surface area contributed by atoms with Gasteiger partial charge in [0.25, 0.3) is 0 Å². The highest BCUT2D eigenvalue weighted by Gasteiger charge is 2.33. The Labute approximate surface area is 140 Å². The van der Waals surface area contributed by atoms with Gasteiger partial charge in [0.2, 0.25) is 0 Å². The Balaban J connectivity index is 2.35. The van der Waals surface area contributed by atoms with E-state index in [2.05, 4.69) is 53.1 Å². The van der Waals surface area contributed by atoms with Crippen LogP contribution in [0.1, 0.15) is 44.0 Å². The lowest BCUT2D eigenvalue weighted by Crippen LogP contribution is -2.40. The van der Waals surface area contributed by atoms with E-state index in [0.717, 1.165) is 15.4 Å². The first-order valence-electron chi connectivity index (χ1n) is 7.39. The molecule has 2 atom stereocenters. The number of rotatable bonds is 4. The van der Waals surface area contributed by atoms with E-state index in [9.17, 15) is 0 Å². The summed E-state index contributed by atoms with van der Waals surface area (Å²) in [5.74, 6) is 0.659. The molecule has 0 aromatic carbocycles. The minimum atomic E-state index is 0.485. The number of hydrogen-bond donors (Lipinski definition) is 1. The van der Waals surface area contributed by atoms with Crippen molar-refractivity contribution in [3.05, 3.63) is 19.8 Å². The lowest BCUT2D eigenvalue weighted by molar-refractivity contribution is 0.121. The third-order valence-electron chi connectivity index (χ3n) is 4.13. The molecule has 0 saturated carbocycles. The Morgan fingerprint density at radius 1 is 1.50 bits per heavy atom. The van der Waals surface area contributed by atoms with E-state index >= 15 is 0 Å². The van der Waals surface area contributed by atoms with Crippen molar-refractivity contribution < 1.29 is 0 Å². The highest BCUT2D eigenvalue weighted by atomic mass is 79.9. The molecule has 0 bridgehead atoms. The van der Waals surface area contributed by atoms with Crippen molar-refractivity contribution in [2.45, 2.75) is 45.2 Å². The molecule has 1 aromatic heterocycles. The zero-order valence-electron chi connectivity index (χ0n) is 12.5. The smallest absolute Gasteiger partial charge is 0.107 e. The molecule has 2 heterocycles. The molecule has 0 spiro atoms. The number of nitrogens with zero attached hydrogens (tertiary/aromatic N) is 1. The highest BCUT2D eigenvalue weighted by molar-refractivity contribution is 9.10. The molecule has 20 heavy (non-hydrogen) atoms. The maximum absolute atomic E-state index is 6.28. The Hall–Kier alpha value is 0.390. The van der Waals surface area contributed by atoms with E-state index in [1.807, 2.05) is 0 Å². The number of likely N-dealkylation sites (tertiary alicyclic amines) is 1. The minimum absolute atomic E-state index is 0.485. The van der Waals surface area contributed by atoms with Crippen LogP contribution < -0.4 is 5.32 Å². The van der Waals surface area contributed by atoms with Gasteiger partial charge in [-0.15, -0.1) is 11.3 Å². The molecule has 5 heteroatoms. The van der Waals surface area contributed by atoms with Gasteiger partial charge in [0, 0.05) is 21.4 Å². The molecule has 114 valence electrons. The minimum Gasteiger partial charge on any atom is -0.319 e. The van der Waals surface area contributed by atoms with Gasteiger partial charge in [0.1, 0.15) is 4.34 Å². The Bertz CT molecular complexity index is 416. The van der Waals surface area contributed by atoms with Crippen LogP contribution in [-0.4, -0.2) is 31.1 Å². The van der Waals surface area contributed by atoms with Crippen molar-refractivity contribution in [3.63, 3.8) is 0 Å². The van der Waals surface area contributed by atoms with E-state index in [1.54, 1.807) is 11.3 Å². The van der Waals surface area contributed by atoms with Crippen LogP contribution in [0.15, 0.2) is 10.5 Å². The summed E-state index contributed by atoms with van der Waals surface area (Å²) in [6.45, 7) is 6.87. The molecular weight excluding hydrogens is 356 g/mol. The summed E-state index contributed by atoms with van der Waals surface area (Å²) in [7, 11) is 2.05. The first-order chi connectivity index (χ1) is 9.54. The first-order valence-corrected chi connectivity index (χ1v) is 9.38. The quantitative estimate of drug-likeness (QED) is 0.797. The largest absolute Gasteiger partial charge is 0.319 e. The van der Waals surface area contributed by atoms with Crippen molar-refractivity contribution >= 4 is 38.9 Å². The molecule has 2 unspecified atom stereocenters. The second-order valence-corrected chi connectivity index (χ2v) is 8.40. The highest BCUT2D eigenvalue weighted by Crippen LogP contribution is 2.43. The molecule has 2 nitrogen and oxygen atoms in total. The average Bonchev–Trinajstić information content (AvgIpc) is 2.62. The second kappa shape index (κ2) is 7.59. The van der Waals surface area contributed by atoms with Gasteiger partial charge >= 0.3 is 0 Å². The standard InChI is InChI=1S/C15H24BrClN2S/c1-10(2)19-7-5-4-6-11(9-18-3)14(19)13-8-12(16)15(17)20-13/h8,10-11,14,18H,4-7,9H2,1-3H3. The van der Waals surface area contributed by atoms with Crippen molar-refractivity contribution in [3.8, 4) is 0 Å². The predicted molar refractivity (Wildman–Crippen MR) is 92.9 cm³/mol. The molecule has 1 N–H and O–H groups in total. The normalized spacial score (nSPS) is 25.1. The summed E-state index contributed by atoms with van der Waals surface area (Å²) in [4.78, 5) is 4.06. The van der Waals surface area contributed by atoms with Gasteiger partial charge < -0.3 is 5.32 Å². The summed E-state index contributed by atoms with van der Waals surface area (Å²) < 4.78 is 1.91. The summed E-state index contributed by atoms with van der Waals surface area (Å²) in [5.41, 5.74) is 0. The van der Waals surface area contributed by atoms with Crippen LogP contribution in [0.3, 0.4) is 0 Å². The fourth-order valence-electron chi connectivity index (χ4n) is 3.23. The third-order valence-corrected chi connectivity index (χ3v) is 6.68. The van der Waals surface area contributed by atoms with Crippen LogP contribution in [0.2, 0.25) is 4.34 Å². The molecule has 1 aliphatic rings.